The Hall–Kier alpha value is -2.36. The van der Waals surface area contributed by atoms with Crippen molar-refractivity contribution in [3.8, 4) is 0 Å². The van der Waals surface area contributed by atoms with E-state index in [0.717, 1.165) is 18.4 Å². The summed E-state index contributed by atoms with van der Waals surface area (Å²) in [6, 6.07) is 9.25. The summed E-state index contributed by atoms with van der Waals surface area (Å²) in [6.45, 7) is 9.49. The van der Waals surface area contributed by atoms with Crippen molar-refractivity contribution in [3.63, 3.8) is 0 Å². The fourth-order valence-corrected chi connectivity index (χ4v) is 1.45. The van der Waals surface area contributed by atoms with Crippen LogP contribution in [0, 0.1) is 0 Å². The lowest BCUT2D eigenvalue weighted by atomic mass is 10.1. The van der Waals surface area contributed by atoms with Crippen molar-refractivity contribution in [2.24, 2.45) is 0 Å². The second kappa shape index (κ2) is 8.74. The van der Waals surface area contributed by atoms with Gasteiger partial charge in [0.2, 0.25) is 0 Å². The van der Waals surface area contributed by atoms with Gasteiger partial charge in [0.15, 0.2) is 0 Å². The number of unbranched alkanes of at least 4 members (excludes halogenated alkanes) is 1. The van der Waals surface area contributed by atoms with Crippen molar-refractivity contribution in [1.82, 2.24) is 0 Å². The Bertz CT molecular complexity index is 517. The molecule has 0 saturated carbocycles. The predicted molar refractivity (Wildman–Crippen MR) is 80.4 cm³/mol. The van der Waals surface area contributed by atoms with E-state index in [2.05, 4.69) is 13.2 Å². The molecular weight excluding hydrogens is 268 g/mol. The molecule has 0 heterocycles. The van der Waals surface area contributed by atoms with Crippen LogP contribution >= 0.6 is 0 Å². The number of esters is 2. The number of benzene rings is 1. The molecule has 0 bridgehead atoms. The molecule has 0 spiro atoms. The van der Waals surface area contributed by atoms with Crippen molar-refractivity contribution in [3.05, 3.63) is 60.2 Å². The first-order chi connectivity index (χ1) is 10.1. The van der Waals surface area contributed by atoms with Crippen LogP contribution in [0.2, 0.25) is 0 Å². The largest absolute Gasteiger partial charge is 0.462 e. The maximum Gasteiger partial charge on any atom is 0.338 e. The summed E-state index contributed by atoms with van der Waals surface area (Å²) in [5.74, 6) is -1.30. The van der Waals surface area contributed by atoms with Gasteiger partial charge in [-0.3, -0.25) is 0 Å². The average Bonchev–Trinajstić information content (AvgIpc) is 2.52. The number of carbonyl (C=O) groups excluding carboxylic acids is 2. The molecule has 1 aromatic rings. The molecule has 112 valence electrons. The molecule has 4 nitrogen and oxygen atoms in total. The Kier molecular flexibility index (Phi) is 6.95. The lowest BCUT2D eigenvalue weighted by molar-refractivity contribution is -0.143. The number of carbonyl (C=O) groups is 2. The van der Waals surface area contributed by atoms with Gasteiger partial charge in [-0.05, 0) is 12.0 Å². The van der Waals surface area contributed by atoms with E-state index in [1.54, 1.807) is 0 Å². The van der Waals surface area contributed by atoms with E-state index in [0.29, 0.717) is 6.61 Å². The first-order valence-electron chi connectivity index (χ1n) is 6.82. The molecule has 0 aliphatic rings. The van der Waals surface area contributed by atoms with Crippen LogP contribution in [0.3, 0.4) is 0 Å². The summed E-state index contributed by atoms with van der Waals surface area (Å²) in [4.78, 5) is 23.4. The Morgan fingerprint density at radius 2 is 1.57 bits per heavy atom. The van der Waals surface area contributed by atoms with Crippen LogP contribution in [-0.2, 0) is 25.7 Å². The van der Waals surface area contributed by atoms with Gasteiger partial charge in [0.25, 0.3) is 0 Å². The summed E-state index contributed by atoms with van der Waals surface area (Å²) in [5.41, 5.74) is 0.714. The zero-order chi connectivity index (χ0) is 15.7. The van der Waals surface area contributed by atoms with Crippen LogP contribution in [0.4, 0.5) is 0 Å². The Balaban J connectivity index is 2.44. The first kappa shape index (κ1) is 16.7. The zero-order valence-electron chi connectivity index (χ0n) is 12.3. The van der Waals surface area contributed by atoms with E-state index < -0.39 is 11.9 Å². The molecule has 0 fully saturated rings. The van der Waals surface area contributed by atoms with Gasteiger partial charge in [-0.2, -0.15) is 0 Å². The Morgan fingerprint density at radius 1 is 1.00 bits per heavy atom. The molecule has 0 saturated heterocycles. The summed E-state index contributed by atoms with van der Waals surface area (Å²) in [6.07, 6.45) is 1.68. The molecule has 21 heavy (non-hydrogen) atoms. The summed E-state index contributed by atoms with van der Waals surface area (Å²) < 4.78 is 10.1. The topological polar surface area (TPSA) is 52.6 Å². The molecule has 0 radical (unpaired) electrons. The highest BCUT2D eigenvalue weighted by atomic mass is 16.5. The summed E-state index contributed by atoms with van der Waals surface area (Å²) in [5, 5.41) is 0. The van der Waals surface area contributed by atoms with Gasteiger partial charge in [0.05, 0.1) is 17.8 Å². The van der Waals surface area contributed by atoms with E-state index in [-0.39, 0.29) is 17.8 Å². The zero-order valence-corrected chi connectivity index (χ0v) is 12.3. The highest BCUT2D eigenvalue weighted by Gasteiger charge is 2.19. The molecule has 0 unspecified atom stereocenters. The summed E-state index contributed by atoms with van der Waals surface area (Å²) in [7, 11) is 0. The minimum Gasteiger partial charge on any atom is -0.462 e. The molecule has 1 rings (SSSR count). The normalized spacial score (nSPS) is 9.76. The van der Waals surface area contributed by atoms with E-state index >= 15 is 0 Å². The van der Waals surface area contributed by atoms with E-state index in [1.807, 2.05) is 37.3 Å². The van der Waals surface area contributed by atoms with Crippen LogP contribution in [-0.4, -0.2) is 18.5 Å². The van der Waals surface area contributed by atoms with Crippen molar-refractivity contribution >= 4 is 11.9 Å². The number of ether oxygens (including phenoxy) is 2. The molecule has 0 aromatic heterocycles. The molecule has 0 atom stereocenters. The lowest BCUT2D eigenvalue weighted by Gasteiger charge is -2.09. The van der Waals surface area contributed by atoms with Crippen LogP contribution in [0.25, 0.3) is 0 Å². The fourth-order valence-electron chi connectivity index (χ4n) is 1.45. The predicted octanol–water partition coefficient (Wildman–Crippen LogP) is 3.19. The van der Waals surface area contributed by atoms with Gasteiger partial charge in [0.1, 0.15) is 6.61 Å². The highest BCUT2D eigenvalue weighted by Crippen LogP contribution is 2.11. The van der Waals surface area contributed by atoms with Crippen LogP contribution in [0.5, 0.6) is 0 Å². The van der Waals surface area contributed by atoms with E-state index in [1.165, 1.54) is 0 Å². The van der Waals surface area contributed by atoms with E-state index in [9.17, 15) is 9.59 Å². The molecule has 1 aromatic carbocycles. The number of hydrogen-bond acceptors (Lipinski definition) is 4. The standard InChI is InChI=1S/C17H20O4/c1-4-5-11-20-16(18)13(2)14(3)17(19)21-12-15-9-7-6-8-10-15/h6-10H,2-5,11-12H2,1H3. The molecule has 0 N–H and O–H groups in total. The van der Waals surface area contributed by atoms with Crippen LogP contribution in [0.1, 0.15) is 25.3 Å². The molecular formula is C17H20O4. The van der Waals surface area contributed by atoms with Crippen LogP contribution < -0.4 is 0 Å². The molecule has 0 aliphatic carbocycles. The Labute approximate surface area is 125 Å². The van der Waals surface area contributed by atoms with Gasteiger partial charge in [-0.15, -0.1) is 0 Å². The monoisotopic (exact) mass is 288 g/mol. The number of hydrogen-bond donors (Lipinski definition) is 0. The van der Waals surface area contributed by atoms with E-state index in [4.69, 9.17) is 9.47 Å². The van der Waals surface area contributed by atoms with Crippen LogP contribution in [0.15, 0.2) is 54.6 Å². The summed E-state index contributed by atoms with van der Waals surface area (Å²) >= 11 is 0. The maximum absolute atomic E-state index is 11.8. The average molecular weight is 288 g/mol. The van der Waals surface area contributed by atoms with Crippen molar-refractivity contribution in [2.45, 2.75) is 26.4 Å². The Morgan fingerprint density at radius 3 is 2.14 bits per heavy atom. The third-order valence-electron chi connectivity index (χ3n) is 2.80. The lowest BCUT2D eigenvalue weighted by Crippen LogP contribution is -2.16. The second-order valence-corrected chi connectivity index (χ2v) is 4.51. The SMILES string of the molecule is C=C(C(=C)C(=O)OCc1ccccc1)C(=O)OCCCC. The molecule has 0 amide bonds. The van der Waals surface area contributed by atoms with Gasteiger partial charge >= 0.3 is 11.9 Å². The van der Waals surface area contributed by atoms with Gasteiger partial charge < -0.3 is 9.47 Å². The highest BCUT2D eigenvalue weighted by molar-refractivity contribution is 6.06. The second-order valence-electron chi connectivity index (χ2n) is 4.51. The van der Waals surface area contributed by atoms with Gasteiger partial charge in [0, 0.05) is 0 Å². The quantitative estimate of drug-likeness (QED) is 0.319. The van der Waals surface area contributed by atoms with Gasteiger partial charge in [-0.1, -0.05) is 56.8 Å². The minimum atomic E-state index is -0.670. The van der Waals surface area contributed by atoms with Gasteiger partial charge in [-0.25, -0.2) is 9.59 Å². The van der Waals surface area contributed by atoms with Crippen molar-refractivity contribution in [2.75, 3.05) is 6.61 Å². The molecule has 0 aliphatic heterocycles. The third kappa shape index (κ3) is 5.65. The van der Waals surface area contributed by atoms with Crippen molar-refractivity contribution < 1.29 is 19.1 Å². The maximum atomic E-state index is 11.8. The number of rotatable bonds is 8. The first-order valence-corrected chi connectivity index (χ1v) is 6.82. The third-order valence-corrected chi connectivity index (χ3v) is 2.80. The minimum absolute atomic E-state index is 0.0656. The smallest absolute Gasteiger partial charge is 0.338 e. The fraction of sp³-hybridized carbons (Fsp3) is 0.294. The van der Waals surface area contributed by atoms with Crippen molar-refractivity contribution in [1.29, 1.82) is 0 Å². The molecule has 4 heteroatoms.